The Morgan fingerprint density at radius 2 is 1.39 bits per heavy atom. The SMILES string of the molecule is CC(C)c1cn(S(C(C)C)(C(C)C)C(C)C)c2cccc(F)c12. The fourth-order valence-corrected chi connectivity index (χ4v) is 9.67. The van der Waals surface area contributed by atoms with Crippen molar-refractivity contribution in [1.29, 1.82) is 0 Å². The van der Waals surface area contributed by atoms with Gasteiger partial charge in [-0.2, -0.15) is 10.2 Å². The normalized spacial score (nSPS) is 14.0. The molecular weight excluding hydrogens is 305 g/mol. The summed E-state index contributed by atoms with van der Waals surface area (Å²) < 4.78 is 17.1. The summed E-state index contributed by atoms with van der Waals surface area (Å²) in [7, 11) is -1.13. The monoisotopic (exact) mass is 337 g/mol. The zero-order valence-corrected chi connectivity index (χ0v) is 16.7. The lowest BCUT2D eigenvalue weighted by Crippen LogP contribution is -2.33. The average Bonchev–Trinajstić information content (AvgIpc) is 2.80. The van der Waals surface area contributed by atoms with Gasteiger partial charge in [-0.1, -0.05) is 61.5 Å². The van der Waals surface area contributed by atoms with Gasteiger partial charge in [-0.15, -0.1) is 0 Å². The Morgan fingerprint density at radius 1 is 0.870 bits per heavy atom. The summed E-state index contributed by atoms with van der Waals surface area (Å²) in [6.45, 7) is 18.3. The summed E-state index contributed by atoms with van der Waals surface area (Å²) in [6, 6.07) is 5.54. The van der Waals surface area contributed by atoms with Crippen LogP contribution < -0.4 is 0 Å². The molecule has 0 atom stereocenters. The third kappa shape index (κ3) is 2.71. The molecule has 0 radical (unpaired) electrons. The maximum Gasteiger partial charge on any atom is 0.132 e. The van der Waals surface area contributed by atoms with Crippen LogP contribution >= 0.6 is 10.2 Å². The van der Waals surface area contributed by atoms with Crippen LogP contribution in [0.2, 0.25) is 0 Å². The number of halogens is 1. The minimum atomic E-state index is -1.13. The lowest BCUT2D eigenvalue weighted by atomic mass is 10.0. The van der Waals surface area contributed by atoms with Crippen molar-refractivity contribution in [3.63, 3.8) is 0 Å². The second-order valence-electron chi connectivity index (χ2n) is 7.57. The molecule has 1 nitrogen and oxygen atoms in total. The molecule has 0 bridgehead atoms. The van der Waals surface area contributed by atoms with Crippen molar-refractivity contribution in [3.05, 3.63) is 35.8 Å². The van der Waals surface area contributed by atoms with Crippen LogP contribution in [-0.4, -0.2) is 19.7 Å². The molecule has 1 aromatic carbocycles. The minimum Gasteiger partial charge on any atom is -0.309 e. The quantitative estimate of drug-likeness (QED) is 0.572. The number of nitrogens with zero attached hydrogens (tertiary/aromatic N) is 1. The van der Waals surface area contributed by atoms with Crippen LogP contribution in [-0.2, 0) is 0 Å². The minimum absolute atomic E-state index is 0.0884. The highest BCUT2D eigenvalue weighted by molar-refractivity contribution is 8.33. The summed E-state index contributed by atoms with van der Waals surface area (Å²) >= 11 is 0. The van der Waals surface area contributed by atoms with Crippen molar-refractivity contribution in [2.45, 2.75) is 77.1 Å². The van der Waals surface area contributed by atoms with Gasteiger partial charge in [0.15, 0.2) is 0 Å². The Morgan fingerprint density at radius 3 is 1.83 bits per heavy atom. The van der Waals surface area contributed by atoms with Crippen molar-refractivity contribution < 1.29 is 4.39 Å². The zero-order chi connectivity index (χ0) is 17.5. The number of fused-ring (bicyclic) bond motifs is 1. The van der Waals surface area contributed by atoms with Gasteiger partial charge in [0.25, 0.3) is 0 Å². The molecule has 130 valence electrons. The average molecular weight is 338 g/mol. The Labute approximate surface area is 142 Å². The highest BCUT2D eigenvalue weighted by Gasteiger charge is 2.38. The van der Waals surface area contributed by atoms with E-state index in [2.05, 4.69) is 71.6 Å². The smallest absolute Gasteiger partial charge is 0.132 e. The van der Waals surface area contributed by atoms with Crippen LogP contribution in [0.5, 0.6) is 0 Å². The molecule has 0 saturated carbocycles. The molecule has 0 N–H and O–H groups in total. The van der Waals surface area contributed by atoms with Gasteiger partial charge in [0.05, 0.1) is 5.52 Å². The third-order valence-corrected chi connectivity index (χ3v) is 10.5. The van der Waals surface area contributed by atoms with E-state index in [1.165, 1.54) is 0 Å². The first-order valence-corrected chi connectivity index (χ1v) is 10.5. The molecule has 23 heavy (non-hydrogen) atoms. The first kappa shape index (κ1) is 18.4. The largest absolute Gasteiger partial charge is 0.309 e. The molecule has 1 heterocycles. The standard InChI is InChI=1S/C20H32FNS/c1-13(2)17-12-22(19-11-9-10-18(21)20(17)19)23(14(3)4,15(5)6)16(7)8/h9-16H,1-8H3. The van der Waals surface area contributed by atoms with Crippen molar-refractivity contribution in [1.82, 2.24) is 3.97 Å². The predicted octanol–water partition coefficient (Wildman–Crippen LogP) is 6.70. The van der Waals surface area contributed by atoms with Gasteiger partial charge < -0.3 is 3.97 Å². The predicted molar refractivity (Wildman–Crippen MR) is 104 cm³/mol. The second kappa shape index (κ2) is 6.51. The van der Waals surface area contributed by atoms with E-state index in [4.69, 9.17) is 0 Å². The Kier molecular flexibility index (Phi) is 5.20. The van der Waals surface area contributed by atoms with E-state index < -0.39 is 10.2 Å². The van der Waals surface area contributed by atoms with E-state index in [1.54, 1.807) is 6.07 Å². The van der Waals surface area contributed by atoms with Crippen LogP contribution in [0.4, 0.5) is 4.39 Å². The van der Waals surface area contributed by atoms with E-state index in [1.807, 2.05) is 6.07 Å². The molecule has 2 aromatic rings. The van der Waals surface area contributed by atoms with Gasteiger partial charge in [0, 0.05) is 27.3 Å². The molecule has 0 aliphatic carbocycles. The van der Waals surface area contributed by atoms with E-state index >= 15 is 0 Å². The van der Waals surface area contributed by atoms with Crippen LogP contribution in [0.1, 0.15) is 66.9 Å². The topological polar surface area (TPSA) is 4.93 Å². The molecule has 1 aromatic heterocycles. The van der Waals surface area contributed by atoms with E-state index in [0.717, 1.165) is 16.5 Å². The highest BCUT2D eigenvalue weighted by Crippen LogP contribution is 2.62. The molecule has 0 saturated heterocycles. The van der Waals surface area contributed by atoms with Crippen LogP contribution in [0, 0.1) is 5.82 Å². The first-order valence-electron chi connectivity index (χ1n) is 8.75. The fraction of sp³-hybridized carbons (Fsp3) is 0.600. The Bertz CT molecular complexity index is 660. The number of hydrogen-bond acceptors (Lipinski definition) is 0. The first-order chi connectivity index (χ1) is 10.7. The molecule has 0 aliphatic heterocycles. The van der Waals surface area contributed by atoms with Crippen LogP contribution in [0.25, 0.3) is 10.9 Å². The number of hydrogen-bond donors (Lipinski definition) is 0. The molecule has 0 aliphatic rings. The van der Waals surface area contributed by atoms with Crippen LogP contribution in [0.15, 0.2) is 24.4 Å². The zero-order valence-electron chi connectivity index (χ0n) is 15.9. The number of aromatic nitrogens is 1. The molecule has 0 amide bonds. The third-order valence-electron chi connectivity index (χ3n) is 5.00. The second-order valence-corrected chi connectivity index (χ2v) is 12.2. The number of benzene rings is 1. The van der Waals surface area contributed by atoms with Gasteiger partial charge >= 0.3 is 0 Å². The van der Waals surface area contributed by atoms with Gasteiger partial charge in [-0.3, -0.25) is 0 Å². The van der Waals surface area contributed by atoms with Crippen molar-refractivity contribution in [2.24, 2.45) is 0 Å². The van der Waals surface area contributed by atoms with Crippen molar-refractivity contribution in [2.75, 3.05) is 0 Å². The van der Waals surface area contributed by atoms with Crippen LogP contribution in [0.3, 0.4) is 0 Å². The maximum atomic E-state index is 14.6. The number of rotatable bonds is 5. The van der Waals surface area contributed by atoms with Gasteiger partial charge in [0.2, 0.25) is 0 Å². The lowest BCUT2D eigenvalue weighted by Gasteiger charge is -2.52. The Hall–Kier alpha value is -0.960. The van der Waals surface area contributed by atoms with E-state index in [0.29, 0.717) is 21.7 Å². The summed E-state index contributed by atoms with van der Waals surface area (Å²) in [5.74, 6) is 0.230. The fourth-order valence-electron chi connectivity index (χ4n) is 4.26. The molecule has 0 spiro atoms. The highest BCUT2D eigenvalue weighted by atomic mass is 32.3. The molecule has 3 heteroatoms. The van der Waals surface area contributed by atoms with E-state index in [-0.39, 0.29) is 5.82 Å². The van der Waals surface area contributed by atoms with Crippen molar-refractivity contribution >= 4 is 21.1 Å². The summed E-state index contributed by atoms with van der Waals surface area (Å²) in [5, 5.41) is 2.45. The summed E-state index contributed by atoms with van der Waals surface area (Å²) in [6.07, 6.45) is 2.26. The molecular formula is C20H32FNS. The lowest BCUT2D eigenvalue weighted by molar-refractivity contribution is 0.638. The summed E-state index contributed by atoms with van der Waals surface area (Å²) in [5.41, 5.74) is 2.21. The molecule has 0 unspecified atom stereocenters. The van der Waals surface area contributed by atoms with Crippen molar-refractivity contribution in [3.8, 4) is 0 Å². The molecule has 2 rings (SSSR count). The van der Waals surface area contributed by atoms with Gasteiger partial charge in [-0.25, -0.2) is 4.39 Å². The van der Waals surface area contributed by atoms with Gasteiger partial charge in [-0.05, 0) is 23.6 Å². The van der Waals surface area contributed by atoms with Gasteiger partial charge in [0.1, 0.15) is 5.82 Å². The molecule has 0 fully saturated rings. The maximum absolute atomic E-state index is 14.6. The summed E-state index contributed by atoms with van der Waals surface area (Å²) in [4.78, 5) is 0. The van der Waals surface area contributed by atoms with E-state index in [9.17, 15) is 4.39 Å². The Balaban J connectivity index is 2.93.